The Bertz CT molecular complexity index is 762. The van der Waals surface area contributed by atoms with Crippen LogP contribution in [0.15, 0.2) is 16.7 Å². The molecular weight excluding hydrogens is 360 g/mol. The van der Waals surface area contributed by atoms with Crippen LogP contribution in [0.2, 0.25) is 0 Å². The lowest BCUT2D eigenvalue weighted by Gasteiger charge is -2.29. The van der Waals surface area contributed by atoms with Gasteiger partial charge in [0.25, 0.3) is 10.7 Å². The topological polar surface area (TPSA) is 98.8 Å². The van der Waals surface area contributed by atoms with Crippen molar-refractivity contribution in [3.63, 3.8) is 0 Å². The molecular formula is C16H23N4O5S+. The van der Waals surface area contributed by atoms with Gasteiger partial charge in [0, 0.05) is 4.91 Å². The van der Waals surface area contributed by atoms with Gasteiger partial charge in [0.1, 0.15) is 31.5 Å². The van der Waals surface area contributed by atoms with E-state index in [1.165, 1.54) is 11.3 Å². The van der Waals surface area contributed by atoms with Gasteiger partial charge >= 0.3 is 0 Å². The third kappa shape index (κ3) is 2.73. The third-order valence-corrected chi connectivity index (χ3v) is 5.90. The Morgan fingerprint density at radius 3 is 2.50 bits per heavy atom. The van der Waals surface area contributed by atoms with Gasteiger partial charge in [0.2, 0.25) is 0 Å². The number of azide groups is 1. The predicted octanol–water partition coefficient (Wildman–Crippen LogP) is 2.11. The van der Waals surface area contributed by atoms with Crippen LogP contribution in [0.1, 0.15) is 32.7 Å². The van der Waals surface area contributed by atoms with E-state index in [9.17, 15) is 5.53 Å². The number of aromatic nitrogens is 1. The van der Waals surface area contributed by atoms with Crippen LogP contribution in [0.5, 0.6) is 0 Å². The second-order valence-electron chi connectivity index (χ2n) is 7.68. The highest BCUT2D eigenvalue weighted by molar-refractivity contribution is 7.09. The van der Waals surface area contributed by atoms with Crippen LogP contribution in [-0.2, 0) is 36.5 Å². The molecule has 3 fully saturated rings. The second-order valence-corrected chi connectivity index (χ2v) is 8.57. The minimum Gasteiger partial charge on any atom is -0.348 e. The van der Waals surface area contributed by atoms with Crippen molar-refractivity contribution < 1.29 is 28.3 Å². The van der Waals surface area contributed by atoms with Gasteiger partial charge in [-0.2, -0.15) is 4.57 Å². The number of rotatable bonds is 3. The van der Waals surface area contributed by atoms with Gasteiger partial charge in [-0.1, -0.05) is 11.3 Å². The number of thiazole rings is 1. The van der Waals surface area contributed by atoms with Crippen molar-refractivity contribution >= 4 is 11.3 Å². The van der Waals surface area contributed by atoms with Crippen molar-refractivity contribution in [3.05, 3.63) is 27.0 Å². The molecule has 0 bridgehead atoms. The van der Waals surface area contributed by atoms with Crippen LogP contribution in [0, 0.1) is 0 Å². The quantitative estimate of drug-likeness (QED) is 0.344. The molecule has 3 saturated heterocycles. The molecule has 26 heavy (non-hydrogen) atoms. The van der Waals surface area contributed by atoms with E-state index in [2.05, 4.69) is 10.0 Å². The minimum absolute atomic E-state index is 0.351. The molecule has 0 radical (unpaired) electrons. The van der Waals surface area contributed by atoms with Crippen LogP contribution >= 0.6 is 11.3 Å². The molecule has 3 aliphatic heterocycles. The van der Waals surface area contributed by atoms with E-state index in [1.54, 1.807) is 0 Å². The number of nitrogens with zero attached hydrogens (tertiary/aromatic N) is 4. The molecule has 9 nitrogen and oxygen atoms in total. The first kappa shape index (κ1) is 18.1. The molecule has 1 aromatic rings. The first-order valence-electron chi connectivity index (χ1n) is 8.52. The normalized spacial score (nSPS) is 40.3. The van der Waals surface area contributed by atoms with Crippen molar-refractivity contribution in [1.82, 2.24) is 0 Å². The Morgan fingerprint density at radius 1 is 1.15 bits per heavy atom. The van der Waals surface area contributed by atoms with Gasteiger partial charge in [-0.15, -0.1) is 0 Å². The van der Waals surface area contributed by atoms with E-state index < -0.39 is 35.6 Å². The highest BCUT2D eigenvalue weighted by Gasteiger charge is 2.69. The zero-order chi connectivity index (χ0) is 18.7. The minimum atomic E-state index is -1.32. The molecule has 0 aliphatic carbocycles. The van der Waals surface area contributed by atoms with E-state index in [0.717, 1.165) is 5.01 Å². The molecule has 0 spiro atoms. The maximum absolute atomic E-state index is 9.29. The van der Waals surface area contributed by atoms with Crippen LogP contribution in [0.25, 0.3) is 10.4 Å². The summed E-state index contributed by atoms with van der Waals surface area (Å²) in [5.74, 6) is -1.52. The first-order valence-corrected chi connectivity index (χ1v) is 9.40. The Hall–Kier alpha value is -1.26. The zero-order valence-corrected chi connectivity index (χ0v) is 16.2. The molecule has 4 rings (SSSR count). The highest BCUT2D eigenvalue weighted by atomic mass is 32.1. The maximum Gasteiger partial charge on any atom is 0.278 e. The Labute approximate surface area is 155 Å². The molecule has 3 aliphatic rings. The maximum atomic E-state index is 9.29. The van der Waals surface area contributed by atoms with Crippen LogP contribution in [-0.4, -0.2) is 42.6 Å². The van der Waals surface area contributed by atoms with Crippen molar-refractivity contribution in [1.29, 1.82) is 0 Å². The number of aryl methyl sites for hydroxylation is 1. The van der Waals surface area contributed by atoms with Crippen molar-refractivity contribution in [2.45, 2.75) is 69.4 Å². The third-order valence-electron chi connectivity index (χ3n) is 4.84. The molecule has 5 atom stereocenters. The molecule has 0 amide bonds. The lowest BCUT2D eigenvalue weighted by Crippen LogP contribution is -2.46. The van der Waals surface area contributed by atoms with E-state index in [-0.39, 0.29) is 6.10 Å². The fraction of sp³-hybridized carbons (Fsp3) is 0.812. The summed E-state index contributed by atoms with van der Waals surface area (Å²) in [5, 5.41) is 6.73. The van der Waals surface area contributed by atoms with Gasteiger partial charge in [0.05, 0.1) is 12.0 Å². The summed E-state index contributed by atoms with van der Waals surface area (Å²) in [6, 6.07) is 0. The number of fused-ring (bicyclic) bond motifs is 1. The zero-order valence-electron chi connectivity index (χ0n) is 15.4. The molecule has 0 saturated carbocycles. The monoisotopic (exact) mass is 383 g/mol. The van der Waals surface area contributed by atoms with Gasteiger partial charge in [-0.05, 0) is 38.3 Å². The highest BCUT2D eigenvalue weighted by Crippen LogP contribution is 2.52. The lowest BCUT2D eigenvalue weighted by molar-refractivity contribution is -0.681. The lowest BCUT2D eigenvalue weighted by atomic mass is 10.0. The van der Waals surface area contributed by atoms with Crippen LogP contribution in [0.4, 0.5) is 0 Å². The van der Waals surface area contributed by atoms with Crippen molar-refractivity contribution in [3.8, 4) is 0 Å². The van der Waals surface area contributed by atoms with E-state index in [1.807, 2.05) is 50.9 Å². The molecule has 10 heteroatoms. The van der Waals surface area contributed by atoms with Crippen molar-refractivity contribution in [2.75, 3.05) is 6.61 Å². The number of ether oxygens (including phenoxy) is 5. The predicted molar refractivity (Wildman–Crippen MR) is 89.9 cm³/mol. The molecule has 0 aromatic carbocycles. The number of hydrogen-bond donors (Lipinski definition) is 0. The first-order chi connectivity index (χ1) is 12.2. The fourth-order valence-corrected chi connectivity index (χ4v) is 4.85. The Kier molecular flexibility index (Phi) is 4.09. The molecule has 0 unspecified atom stereocenters. The summed E-state index contributed by atoms with van der Waals surface area (Å²) in [5.41, 5.74) is 7.97. The average Bonchev–Trinajstić information content (AvgIpc) is 3.25. The second kappa shape index (κ2) is 5.87. The molecule has 0 N–H and O–H groups in total. The smallest absolute Gasteiger partial charge is 0.278 e. The van der Waals surface area contributed by atoms with Gasteiger partial charge in [-0.3, -0.25) is 0 Å². The summed E-state index contributed by atoms with van der Waals surface area (Å²) >= 11 is 1.44. The van der Waals surface area contributed by atoms with Gasteiger partial charge in [0.15, 0.2) is 17.8 Å². The van der Waals surface area contributed by atoms with Crippen LogP contribution in [0.3, 0.4) is 0 Å². The average molecular weight is 383 g/mol. The standard InChI is InChI=1S/C16H23N4O5S/c1-14(2)21-8-9(22-14)10-11-12(25-15(3,4)23-11)16(24-10,18-19-17)13-20(5)6-7-26-13/h6-7,9-12H,8H2,1-5H3/q+1/t9-,10-,11+,12+,16-/m1/s1. The largest absolute Gasteiger partial charge is 0.348 e. The van der Waals surface area contributed by atoms with E-state index in [4.69, 9.17) is 23.7 Å². The molecule has 1 aromatic heterocycles. The fourth-order valence-electron chi connectivity index (χ4n) is 3.87. The van der Waals surface area contributed by atoms with Crippen molar-refractivity contribution in [2.24, 2.45) is 12.2 Å². The summed E-state index contributed by atoms with van der Waals surface area (Å²) in [4.78, 5) is 3.07. The summed E-state index contributed by atoms with van der Waals surface area (Å²) in [6.45, 7) is 7.76. The Balaban J connectivity index is 1.78. The summed E-state index contributed by atoms with van der Waals surface area (Å²) < 4.78 is 32.2. The molecule has 142 valence electrons. The summed E-state index contributed by atoms with van der Waals surface area (Å²) in [6.07, 6.45) is 0.0161. The van der Waals surface area contributed by atoms with E-state index in [0.29, 0.717) is 6.61 Å². The van der Waals surface area contributed by atoms with E-state index >= 15 is 0 Å². The molecule has 4 heterocycles. The summed E-state index contributed by atoms with van der Waals surface area (Å²) in [7, 11) is 1.88. The van der Waals surface area contributed by atoms with Crippen LogP contribution < -0.4 is 4.57 Å². The van der Waals surface area contributed by atoms with Gasteiger partial charge in [-0.25, -0.2) is 0 Å². The SMILES string of the molecule is C[n+]1ccsc1[C@]1(N=[N+]=[N-])O[C@H]([C@H]2COC(C)(C)O2)[C@@H]2OC(C)(C)O[C@@H]21. The Morgan fingerprint density at radius 2 is 1.92 bits per heavy atom. The number of hydrogen-bond acceptors (Lipinski definition) is 7. The van der Waals surface area contributed by atoms with Gasteiger partial charge < -0.3 is 23.7 Å².